The van der Waals surface area contributed by atoms with E-state index in [2.05, 4.69) is 0 Å². The summed E-state index contributed by atoms with van der Waals surface area (Å²) in [7, 11) is 0. The maximum atomic E-state index is 11.4. The molecule has 0 unspecified atom stereocenters. The predicted octanol–water partition coefficient (Wildman–Crippen LogP) is 0.569. The topological polar surface area (TPSA) is 57.2 Å². The van der Waals surface area contributed by atoms with E-state index in [1.807, 2.05) is 0 Å². The Balaban J connectivity index is 2.49. The van der Waals surface area contributed by atoms with Crippen molar-refractivity contribution < 1.29 is 14.7 Å². The van der Waals surface area contributed by atoms with Crippen LogP contribution in [0.25, 0.3) is 0 Å². The summed E-state index contributed by atoms with van der Waals surface area (Å²) in [4.78, 5) is 22.0. The smallest absolute Gasteiger partial charge is 0.163 e. The SMILES string of the molecule is O=C([O-])c1ccc2c(c1)CCCC2=O. The third-order valence-electron chi connectivity index (χ3n) is 2.49. The summed E-state index contributed by atoms with van der Waals surface area (Å²) < 4.78 is 0. The quantitative estimate of drug-likeness (QED) is 0.648. The summed E-state index contributed by atoms with van der Waals surface area (Å²) in [6, 6.07) is 4.56. The molecule has 3 heteroatoms. The molecule has 0 N–H and O–H groups in total. The third kappa shape index (κ3) is 1.41. The summed E-state index contributed by atoms with van der Waals surface area (Å²) in [6.07, 6.45) is 2.15. The standard InChI is InChI=1S/C11H10O3/c12-10-3-1-2-7-6-8(11(13)14)4-5-9(7)10/h4-6H,1-3H2,(H,13,14)/p-1. The highest BCUT2D eigenvalue weighted by Gasteiger charge is 2.16. The highest BCUT2D eigenvalue weighted by atomic mass is 16.4. The van der Waals surface area contributed by atoms with Gasteiger partial charge in [0.2, 0.25) is 0 Å². The Kier molecular flexibility index (Phi) is 2.08. The molecular formula is C11H9O3-. The van der Waals surface area contributed by atoms with Gasteiger partial charge < -0.3 is 9.90 Å². The molecular weight excluding hydrogens is 180 g/mol. The number of aromatic carboxylic acids is 1. The summed E-state index contributed by atoms with van der Waals surface area (Å²) in [5.74, 6) is -1.08. The molecule has 0 amide bonds. The molecule has 14 heavy (non-hydrogen) atoms. The molecule has 0 radical (unpaired) electrons. The van der Waals surface area contributed by atoms with Gasteiger partial charge in [0, 0.05) is 12.0 Å². The molecule has 0 saturated heterocycles. The Labute approximate surface area is 81.4 Å². The highest BCUT2D eigenvalue weighted by Crippen LogP contribution is 2.21. The Morgan fingerprint density at radius 1 is 1.29 bits per heavy atom. The van der Waals surface area contributed by atoms with E-state index in [0.717, 1.165) is 18.4 Å². The molecule has 2 rings (SSSR count). The van der Waals surface area contributed by atoms with Gasteiger partial charge >= 0.3 is 0 Å². The minimum atomic E-state index is -1.19. The van der Waals surface area contributed by atoms with Crippen LogP contribution in [0, 0.1) is 0 Å². The maximum Gasteiger partial charge on any atom is 0.163 e. The van der Waals surface area contributed by atoms with E-state index < -0.39 is 5.97 Å². The molecule has 0 fully saturated rings. The van der Waals surface area contributed by atoms with E-state index in [1.54, 1.807) is 12.1 Å². The fourth-order valence-corrected chi connectivity index (χ4v) is 1.77. The second kappa shape index (κ2) is 3.25. The van der Waals surface area contributed by atoms with Gasteiger partial charge in [-0.15, -0.1) is 0 Å². The summed E-state index contributed by atoms with van der Waals surface area (Å²) in [5, 5.41) is 10.6. The molecule has 0 bridgehead atoms. The summed E-state index contributed by atoms with van der Waals surface area (Å²) in [6.45, 7) is 0. The van der Waals surface area contributed by atoms with E-state index in [0.29, 0.717) is 12.0 Å². The number of Topliss-reactive ketones (excluding diaryl/α,β-unsaturated/α-hetero) is 1. The van der Waals surface area contributed by atoms with Crippen LogP contribution >= 0.6 is 0 Å². The molecule has 1 aliphatic carbocycles. The van der Waals surface area contributed by atoms with E-state index in [-0.39, 0.29) is 11.3 Å². The first-order valence-corrected chi connectivity index (χ1v) is 4.56. The molecule has 72 valence electrons. The number of benzene rings is 1. The predicted molar refractivity (Wildman–Crippen MR) is 48.0 cm³/mol. The zero-order valence-corrected chi connectivity index (χ0v) is 7.58. The van der Waals surface area contributed by atoms with E-state index >= 15 is 0 Å². The largest absolute Gasteiger partial charge is 0.545 e. The lowest BCUT2D eigenvalue weighted by Crippen LogP contribution is -2.23. The van der Waals surface area contributed by atoms with Gasteiger partial charge in [0.1, 0.15) is 0 Å². The lowest BCUT2D eigenvalue weighted by molar-refractivity contribution is -0.255. The van der Waals surface area contributed by atoms with Gasteiger partial charge in [-0.3, -0.25) is 4.79 Å². The van der Waals surface area contributed by atoms with Crippen LogP contribution < -0.4 is 5.11 Å². The Hall–Kier alpha value is -1.64. The zero-order chi connectivity index (χ0) is 10.1. The molecule has 0 heterocycles. The van der Waals surface area contributed by atoms with Gasteiger partial charge in [-0.05, 0) is 30.0 Å². The van der Waals surface area contributed by atoms with E-state index in [1.165, 1.54) is 6.07 Å². The number of carbonyl (C=O) groups is 2. The van der Waals surface area contributed by atoms with Crippen molar-refractivity contribution in [3.05, 3.63) is 34.9 Å². The van der Waals surface area contributed by atoms with Crippen LogP contribution in [0.15, 0.2) is 18.2 Å². The molecule has 3 nitrogen and oxygen atoms in total. The van der Waals surface area contributed by atoms with Crippen molar-refractivity contribution in [2.24, 2.45) is 0 Å². The van der Waals surface area contributed by atoms with Crippen LogP contribution in [-0.2, 0) is 6.42 Å². The van der Waals surface area contributed by atoms with Crippen molar-refractivity contribution in [2.75, 3.05) is 0 Å². The first kappa shape index (κ1) is 8.94. The van der Waals surface area contributed by atoms with Crippen molar-refractivity contribution in [1.29, 1.82) is 0 Å². The Morgan fingerprint density at radius 2 is 2.07 bits per heavy atom. The number of rotatable bonds is 1. The van der Waals surface area contributed by atoms with Crippen LogP contribution in [0.4, 0.5) is 0 Å². The van der Waals surface area contributed by atoms with Crippen molar-refractivity contribution in [3.63, 3.8) is 0 Å². The van der Waals surface area contributed by atoms with Gasteiger partial charge in [-0.1, -0.05) is 12.1 Å². The number of fused-ring (bicyclic) bond motifs is 1. The molecule has 0 aliphatic heterocycles. The van der Waals surface area contributed by atoms with E-state index in [9.17, 15) is 14.7 Å². The molecule has 1 aromatic rings. The van der Waals surface area contributed by atoms with Crippen LogP contribution in [0.5, 0.6) is 0 Å². The molecule has 0 atom stereocenters. The van der Waals surface area contributed by atoms with Crippen LogP contribution in [0.3, 0.4) is 0 Å². The molecule has 0 saturated carbocycles. The number of hydrogen-bond donors (Lipinski definition) is 0. The number of ketones is 1. The number of carboxylic acid groups (broad SMARTS) is 1. The maximum absolute atomic E-state index is 11.4. The molecule has 1 aromatic carbocycles. The van der Waals surface area contributed by atoms with Gasteiger partial charge in [0.25, 0.3) is 0 Å². The van der Waals surface area contributed by atoms with Crippen LogP contribution in [-0.4, -0.2) is 11.8 Å². The highest BCUT2D eigenvalue weighted by molar-refractivity contribution is 5.99. The summed E-state index contributed by atoms with van der Waals surface area (Å²) in [5.41, 5.74) is 1.66. The lowest BCUT2D eigenvalue weighted by atomic mass is 9.89. The average molecular weight is 189 g/mol. The van der Waals surface area contributed by atoms with Gasteiger partial charge in [-0.25, -0.2) is 0 Å². The van der Waals surface area contributed by atoms with Crippen molar-refractivity contribution in [2.45, 2.75) is 19.3 Å². The van der Waals surface area contributed by atoms with Gasteiger partial charge in [0.15, 0.2) is 5.78 Å². The number of carbonyl (C=O) groups excluding carboxylic acids is 2. The normalized spacial score (nSPS) is 15.0. The van der Waals surface area contributed by atoms with Gasteiger partial charge in [-0.2, -0.15) is 0 Å². The monoisotopic (exact) mass is 189 g/mol. The minimum Gasteiger partial charge on any atom is -0.545 e. The van der Waals surface area contributed by atoms with Crippen LogP contribution in [0.1, 0.15) is 39.1 Å². The van der Waals surface area contributed by atoms with Crippen molar-refractivity contribution in [3.8, 4) is 0 Å². The number of aryl methyl sites for hydroxylation is 1. The fraction of sp³-hybridized carbons (Fsp3) is 0.273. The zero-order valence-electron chi connectivity index (χ0n) is 7.58. The van der Waals surface area contributed by atoms with Crippen molar-refractivity contribution >= 4 is 11.8 Å². The van der Waals surface area contributed by atoms with Crippen molar-refractivity contribution in [1.82, 2.24) is 0 Å². The number of hydrogen-bond acceptors (Lipinski definition) is 3. The summed E-state index contributed by atoms with van der Waals surface area (Å²) >= 11 is 0. The average Bonchev–Trinajstić information content (AvgIpc) is 2.17. The first-order valence-electron chi connectivity index (χ1n) is 4.56. The van der Waals surface area contributed by atoms with E-state index in [4.69, 9.17) is 0 Å². The van der Waals surface area contributed by atoms with Crippen LogP contribution in [0.2, 0.25) is 0 Å². The third-order valence-corrected chi connectivity index (χ3v) is 2.49. The minimum absolute atomic E-state index is 0.108. The second-order valence-electron chi connectivity index (χ2n) is 3.44. The van der Waals surface area contributed by atoms with Gasteiger partial charge in [0.05, 0.1) is 5.97 Å². The first-order chi connectivity index (χ1) is 6.68. The lowest BCUT2D eigenvalue weighted by Gasteiger charge is -2.15. The molecule has 0 spiro atoms. The Morgan fingerprint density at radius 3 is 2.79 bits per heavy atom. The molecule has 1 aliphatic rings. The Bertz CT molecular complexity index is 407. The fourth-order valence-electron chi connectivity index (χ4n) is 1.77. The second-order valence-corrected chi connectivity index (χ2v) is 3.44. The number of carboxylic acids is 1. The molecule has 0 aromatic heterocycles.